The molecule has 0 aliphatic carbocycles. The third kappa shape index (κ3) is 5.77. The van der Waals surface area contributed by atoms with E-state index in [9.17, 15) is 4.79 Å². The number of fused-ring (bicyclic) bond motifs is 1. The average Bonchev–Trinajstić information content (AvgIpc) is 3.78. The lowest BCUT2D eigenvalue weighted by Gasteiger charge is -2.37. The van der Waals surface area contributed by atoms with Crippen LogP contribution in [0.25, 0.3) is 21.9 Å². The van der Waals surface area contributed by atoms with E-state index in [1.54, 1.807) is 0 Å². The Balaban J connectivity index is 1.19. The van der Waals surface area contributed by atoms with Gasteiger partial charge in [0.2, 0.25) is 0 Å². The van der Waals surface area contributed by atoms with Crippen molar-refractivity contribution in [2.24, 2.45) is 0 Å². The molecule has 0 saturated heterocycles. The van der Waals surface area contributed by atoms with Crippen molar-refractivity contribution in [3.8, 4) is 11.1 Å². The van der Waals surface area contributed by atoms with Gasteiger partial charge < -0.3 is 13.9 Å². The van der Waals surface area contributed by atoms with Gasteiger partial charge in [0.05, 0.1) is 24.2 Å². The highest BCUT2D eigenvalue weighted by molar-refractivity contribution is 6.04. The number of esters is 1. The number of aromatic nitrogens is 3. The highest BCUT2D eigenvalue weighted by Crippen LogP contribution is 2.41. The first kappa shape index (κ1) is 30.0. The lowest BCUT2D eigenvalue weighted by molar-refractivity contribution is 0.0527. The molecule has 47 heavy (non-hydrogen) atoms. The van der Waals surface area contributed by atoms with Crippen molar-refractivity contribution in [3.63, 3.8) is 0 Å². The molecule has 5 aromatic carbocycles. The molecule has 0 atom stereocenters. The number of rotatable bonds is 11. The van der Waals surface area contributed by atoms with Crippen molar-refractivity contribution in [1.82, 2.24) is 14.1 Å². The molecule has 232 valence electrons. The molecule has 2 heterocycles. The Labute approximate surface area is 275 Å². The van der Waals surface area contributed by atoms with Gasteiger partial charge in [0.15, 0.2) is 0 Å². The zero-order valence-corrected chi connectivity index (χ0v) is 26.5. The quantitative estimate of drug-likeness (QED) is 0.108. The maximum absolute atomic E-state index is 13.1. The van der Waals surface area contributed by atoms with Crippen LogP contribution in [0, 0.1) is 0 Å². The number of ether oxygens (including phenoxy) is 1. The second kappa shape index (κ2) is 13.4. The van der Waals surface area contributed by atoms with Crippen LogP contribution in [0.3, 0.4) is 0 Å². The van der Waals surface area contributed by atoms with Gasteiger partial charge in [0.25, 0.3) is 0 Å². The molecule has 0 saturated carbocycles. The summed E-state index contributed by atoms with van der Waals surface area (Å²) < 4.78 is 9.84. The number of carbonyl (C=O) groups excluding carboxylic acids is 1. The minimum absolute atomic E-state index is 0.299. The SMILES string of the molecule is CCOC(=O)c1cn(CCCc2cn(C(c3ccccc3)(c3ccccc3)c3ccccc3)cn2)cc1-c1cccc2ccccc12. The topological polar surface area (TPSA) is 49.0 Å². The third-order valence-electron chi connectivity index (χ3n) is 8.90. The van der Waals surface area contributed by atoms with Crippen molar-refractivity contribution in [2.45, 2.75) is 31.8 Å². The normalized spacial score (nSPS) is 11.5. The van der Waals surface area contributed by atoms with E-state index in [1.807, 2.05) is 37.6 Å². The summed E-state index contributed by atoms with van der Waals surface area (Å²) in [6.07, 6.45) is 9.82. The van der Waals surface area contributed by atoms with E-state index in [1.165, 1.54) is 16.7 Å². The molecule has 5 nitrogen and oxygen atoms in total. The Bertz CT molecular complexity index is 1990. The average molecular weight is 616 g/mol. The van der Waals surface area contributed by atoms with Crippen molar-refractivity contribution < 1.29 is 9.53 Å². The first-order valence-electron chi connectivity index (χ1n) is 16.2. The fourth-order valence-corrected chi connectivity index (χ4v) is 6.79. The highest BCUT2D eigenvalue weighted by Gasteiger charge is 2.38. The van der Waals surface area contributed by atoms with Crippen molar-refractivity contribution in [1.29, 1.82) is 0 Å². The van der Waals surface area contributed by atoms with Gasteiger partial charge in [-0.1, -0.05) is 133 Å². The molecule has 0 amide bonds. The maximum Gasteiger partial charge on any atom is 0.340 e. The summed E-state index contributed by atoms with van der Waals surface area (Å²) in [5, 5.41) is 2.25. The van der Waals surface area contributed by atoms with Gasteiger partial charge >= 0.3 is 5.97 Å². The van der Waals surface area contributed by atoms with E-state index in [0.29, 0.717) is 12.2 Å². The molecule has 0 N–H and O–H groups in total. The molecular formula is C42H37N3O2. The Morgan fingerprint density at radius 3 is 1.91 bits per heavy atom. The highest BCUT2D eigenvalue weighted by atomic mass is 16.5. The Morgan fingerprint density at radius 1 is 0.681 bits per heavy atom. The Hall–Kier alpha value is -5.68. The second-order valence-corrected chi connectivity index (χ2v) is 11.8. The number of hydrogen-bond donors (Lipinski definition) is 0. The van der Waals surface area contributed by atoms with E-state index >= 15 is 0 Å². The zero-order valence-electron chi connectivity index (χ0n) is 26.5. The summed E-state index contributed by atoms with van der Waals surface area (Å²) in [5.74, 6) is -0.299. The van der Waals surface area contributed by atoms with E-state index in [2.05, 4.69) is 137 Å². The van der Waals surface area contributed by atoms with Crippen molar-refractivity contribution in [3.05, 3.63) is 186 Å². The molecule has 2 aromatic heterocycles. The Morgan fingerprint density at radius 2 is 1.28 bits per heavy atom. The first-order chi connectivity index (χ1) is 23.2. The van der Waals surface area contributed by atoms with Crippen LogP contribution < -0.4 is 0 Å². The van der Waals surface area contributed by atoms with E-state index < -0.39 is 5.54 Å². The lowest BCUT2D eigenvalue weighted by atomic mass is 9.77. The maximum atomic E-state index is 13.1. The van der Waals surface area contributed by atoms with Crippen LogP contribution in [-0.2, 0) is 23.2 Å². The van der Waals surface area contributed by atoms with E-state index in [-0.39, 0.29) is 5.97 Å². The van der Waals surface area contributed by atoms with E-state index in [0.717, 1.165) is 47.0 Å². The number of aryl methyl sites for hydroxylation is 2. The molecule has 0 radical (unpaired) electrons. The van der Waals surface area contributed by atoms with Gasteiger partial charge in [-0.15, -0.1) is 0 Å². The summed E-state index contributed by atoms with van der Waals surface area (Å²) >= 11 is 0. The lowest BCUT2D eigenvalue weighted by Crippen LogP contribution is -2.36. The number of benzene rings is 5. The fourth-order valence-electron chi connectivity index (χ4n) is 6.79. The van der Waals surface area contributed by atoms with Gasteiger partial charge in [0, 0.05) is 30.7 Å². The minimum atomic E-state index is -0.586. The third-order valence-corrected chi connectivity index (χ3v) is 8.90. The number of imidazole rings is 1. The van der Waals surface area contributed by atoms with Gasteiger partial charge in [0.1, 0.15) is 5.54 Å². The largest absolute Gasteiger partial charge is 0.462 e. The minimum Gasteiger partial charge on any atom is -0.462 e. The van der Waals surface area contributed by atoms with Crippen LogP contribution in [0.2, 0.25) is 0 Å². The van der Waals surface area contributed by atoms with Gasteiger partial charge in [-0.2, -0.15) is 0 Å². The molecule has 7 rings (SSSR count). The van der Waals surface area contributed by atoms with E-state index in [4.69, 9.17) is 9.72 Å². The fraction of sp³-hybridized carbons (Fsp3) is 0.143. The summed E-state index contributed by atoms with van der Waals surface area (Å²) in [6.45, 7) is 2.91. The molecular weight excluding hydrogens is 578 g/mol. The Kier molecular flexibility index (Phi) is 8.52. The summed E-state index contributed by atoms with van der Waals surface area (Å²) in [5.41, 5.74) is 6.45. The van der Waals surface area contributed by atoms with Crippen LogP contribution in [0.4, 0.5) is 0 Å². The molecule has 0 fully saturated rings. The molecule has 0 aliphatic rings. The molecule has 0 aliphatic heterocycles. The molecule has 0 bridgehead atoms. The van der Waals surface area contributed by atoms with Gasteiger partial charge in [-0.25, -0.2) is 9.78 Å². The molecule has 0 unspecified atom stereocenters. The van der Waals surface area contributed by atoms with Crippen molar-refractivity contribution >= 4 is 16.7 Å². The molecule has 5 heteroatoms. The monoisotopic (exact) mass is 615 g/mol. The molecule has 0 spiro atoms. The smallest absolute Gasteiger partial charge is 0.340 e. The summed E-state index contributed by atoms with van der Waals surface area (Å²) in [7, 11) is 0. The zero-order chi connectivity index (χ0) is 32.1. The first-order valence-corrected chi connectivity index (χ1v) is 16.2. The van der Waals surface area contributed by atoms with Gasteiger partial charge in [-0.05, 0) is 52.8 Å². The van der Waals surface area contributed by atoms with Crippen molar-refractivity contribution in [2.75, 3.05) is 6.61 Å². The predicted octanol–water partition coefficient (Wildman–Crippen LogP) is 9.15. The summed E-state index contributed by atoms with van der Waals surface area (Å²) in [6, 6.07) is 46.4. The van der Waals surface area contributed by atoms with Gasteiger partial charge in [-0.3, -0.25) is 0 Å². The van der Waals surface area contributed by atoms with Crippen LogP contribution in [0.15, 0.2) is 158 Å². The predicted molar refractivity (Wildman–Crippen MR) is 188 cm³/mol. The van der Waals surface area contributed by atoms with Crippen LogP contribution in [0.5, 0.6) is 0 Å². The standard InChI is InChI=1S/C42H37N3O2/c1-2-47-41(46)40-30-44(29-39(40)38-26-14-17-32-16-12-13-25-37(32)38)27-15-24-36-28-45(31-43-36)42(33-18-6-3-7-19-33,34-20-8-4-9-21-34)35-22-10-5-11-23-35/h3-14,16-23,25-26,28-31H,2,15,24,27H2,1H3. The number of carbonyl (C=O) groups is 1. The number of hydrogen-bond acceptors (Lipinski definition) is 3. The summed E-state index contributed by atoms with van der Waals surface area (Å²) in [4.78, 5) is 18.0. The molecule has 7 aromatic rings. The van der Waals surface area contributed by atoms with Crippen LogP contribution >= 0.6 is 0 Å². The van der Waals surface area contributed by atoms with Crippen LogP contribution in [-0.4, -0.2) is 26.7 Å². The number of nitrogens with zero attached hydrogens (tertiary/aromatic N) is 3. The second-order valence-electron chi connectivity index (χ2n) is 11.8. The van der Waals surface area contributed by atoms with Crippen LogP contribution in [0.1, 0.15) is 46.1 Å².